The largest absolute Gasteiger partial charge is 0.269 e. The Morgan fingerprint density at radius 1 is 1.25 bits per heavy atom. The molecule has 70 valence electrons. The van der Waals surface area contributed by atoms with Crippen LogP contribution in [0.5, 0.6) is 0 Å². The predicted molar refractivity (Wildman–Crippen MR) is 54.5 cm³/mol. The van der Waals surface area contributed by atoms with E-state index in [4.69, 9.17) is 0 Å². The van der Waals surface area contributed by atoms with Gasteiger partial charge >= 0.3 is 0 Å². The van der Waals surface area contributed by atoms with Gasteiger partial charge in [-0.1, -0.05) is 20.3 Å². The first kappa shape index (κ1) is 18.5. The Kier molecular flexibility index (Phi) is 12.9. The van der Waals surface area contributed by atoms with Gasteiger partial charge in [0.1, 0.15) is 0 Å². The second kappa shape index (κ2) is 8.38. The molecule has 0 amide bonds. The van der Waals surface area contributed by atoms with Gasteiger partial charge in [0.05, 0.1) is 0 Å². The van der Waals surface area contributed by atoms with E-state index in [1.165, 1.54) is 17.6 Å². The van der Waals surface area contributed by atoms with Gasteiger partial charge in [0, 0.05) is 21.7 Å². The molecule has 0 spiro atoms. The molecule has 0 unspecified atom stereocenters. The molecule has 0 nitrogen and oxygen atoms in total. The van der Waals surface area contributed by atoms with Crippen LogP contribution in [0.15, 0.2) is 16.7 Å². The molecule has 0 radical (unpaired) electrons. The SMILES string of the molecule is CCC1=C(C)C(C)=[C-]C1.Cl.Cl.[Ti]. The van der Waals surface area contributed by atoms with Crippen molar-refractivity contribution >= 4 is 24.8 Å². The third-order valence-corrected chi connectivity index (χ3v) is 2.09. The molecule has 0 N–H and O–H groups in total. The Hall–Kier alpha value is 0.774. The fourth-order valence-electron chi connectivity index (χ4n) is 1.16. The monoisotopic (exact) mass is 241 g/mol. The van der Waals surface area contributed by atoms with Crippen LogP contribution in [0.1, 0.15) is 33.6 Å². The van der Waals surface area contributed by atoms with Gasteiger partial charge in [-0.2, -0.15) is 11.1 Å². The van der Waals surface area contributed by atoms with Crippen molar-refractivity contribution in [3.05, 3.63) is 22.8 Å². The Balaban J connectivity index is -0.000000270. The van der Waals surface area contributed by atoms with Crippen molar-refractivity contribution in [2.24, 2.45) is 0 Å². The molecule has 0 aromatic carbocycles. The minimum atomic E-state index is 0. The summed E-state index contributed by atoms with van der Waals surface area (Å²) < 4.78 is 0. The van der Waals surface area contributed by atoms with Crippen LogP contribution in [0.3, 0.4) is 0 Å². The first-order valence-electron chi connectivity index (χ1n) is 3.52. The molecular weight excluding hydrogens is 227 g/mol. The molecule has 1 rings (SSSR count). The maximum atomic E-state index is 3.31. The molecule has 0 saturated heterocycles. The van der Waals surface area contributed by atoms with Crippen molar-refractivity contribution in [1.29, 1.82) is 0 Å². The summed E-state index contributed by atoms with van der Waals surface area (Å²) in [7, 11) is 0. The first-order valence-corrected chi connectivity index (χ1v) is 3.52. The molecule has 0 fully saturated rings. The third-order valence-electron chi connectivity index (χ3n) is 2.09. The molecule has 1 aliphatic rings. The van der Waals surface area contributed by atoms with E-state index in [1.807, 2.05) is 0 Å². The molecule has 1 aliphatic carbocycles. The van der Waals surface area contributed by atoms with Gasteiger partial charge in [-0.3, -0.25) is 6.08 Å². The molecule has 0 heterocycles. The summed E-state index contributed by atoms with van der Waals surface area (Å²) in [4.78, 5) is 0. The van der Waals surface area contributed by atoms with Crippen molar-refractivity contribution in [3.63, 3.8) is 0 Å². The average molecular weight is 242 g/mol. The first-order chi connectivity index (χ1) is 4.25. The fourth-order valence-corrected chi connectivity index (χ4v) is 1.16. The van der Waals surface area contributed by atoms with Gasteiger partial charge in [-0.05, 0) is 0 Å². The Morgan fingerprint density at radius 3 is 1.92 bits per heavy atom. The zero-order valence-electron chi connectivity index (χ0n) is 7.73. The predicted octanol–water partition coefficient (Wildman–Crippen LogP) is 3.71. The summed E-state index contributed by atoms with van der Waals surface area (Å²) in [5.41, 5.74) is 4.39. The molecular formula is C9H15Cl2Ti-. The Morgan fingerprint density at radius 2 is 1.75 bits per heavy atom. The molecule has 0 bridgehead atoms. The van der Waals surface area contributed by atoms with Crippen molar-refractivity contribution < 1.29 is 21.7 Å². The van der Waals surface area contributed by atoms with Crippen molar-refractivity contribution in [2.75, 3.05) is 0 Å². The minimum absolute atomic E-state index is 0. The topological polar surface area (TPSA) is 0 Å². The molecule has 0 aliphatic heterocycles. The molecule has 12 heavy (non-hydrogen) atoms. The fraction of sp³-hybridized carbons (Fsp3) is 0.556. The number of rotatable bonds is 1. The van der Waals surface area contributed by atoms with Gasteiger partial charge < -0.3 is 0 Å². The van der Waals surface area contributed by atoms with Crippen LogP contribution in [0.4, 0.5) is 0 Å². The van der Waals surface area contributed by atoms with Crippen molar-refractivity contribution in [2.45, 2.75) is 33.6 Å². The maximum Gasteiger partial charge on any atom is 0 e. The molecule has 0 aromatic heterocycles. The molecule has 0 saturated carbocycles. The normalized spacial score (nSPS) is 14.1. The number of allylic oxidation sites excluding steroid dienone is 4. The van der Waals surface area contributed by atoms with Crippen molar-refractivity contribution in [3.8, 4) is 0 Å². The molecule has 0 atom stereocenters. The van der Waals surface area contributed by atoms with E-state index in [1.54, 1.807) is 5.57 Å². The number of hydrogen-bond acceptors (Lipinski definition) is 0. The molecule has 3 heteroatoms. The van der Waals surface area contributed by atoms with Crippen molar-refractivity contribution in [1.82, 2.24) is 0 Å². The van der Waals surface area contributed by atoms with E-state index in [0.29, 0.717) is 0 Å². The van der Waals surface area contributed by atoms with Gasteiger partial charge in [-0.15, -0.1) is 38.2 Å². The van der Waals surface area contributed by atoms with E-state index in [-0.39, 0.29) is 46.5 Å². The second-order valence-corrected chi connectivity index (χ2v) is 2.56. The van der Waals surface area contributed by atoms with Gasteiger partial charge in [0.25, 0.3) is 0 Å². The third kappa shape index (κ3) is 4.14. The van der Waals surface area contributed by atoms with Gasteiger partial charge in [0.2, 0.25) is 0 Å². The standard InChI is InChI=1S/C9H13.2ClH.Ti/c1-4-9-6-5-7(2)8(9)3;;;/h4,6H2,1-3H3;2*1H;/q-1;;;. The zero-order valence-corrected chi connectivity index (χ0v) is 10.9. The molecule has 0 aromatic rings. The van der Waals surface area contributed by atoms with E-state index in [0.717, 1.165) is 6.42 Å². The van der Waals surface area contributed by atoms with Crippen LogP contribution in [0, 0.1) is 6.08 Å². The summed E-state index contributed by atoms with van der Waals surface area (Å²) >= 11 is 0. The smallest absolute Gasteiger partial charge is 0 e. The maximum absolute atomic E-state index is 3.31. The van der Waals surface area contributed by atoms with Crippen LogP contribution in [0.25, 0.3) is 0 Å². The van der Waals surface area contributed by atoms with Crippen LogP contribution >= 0.6 is 24.8 Å². The van der Waals surface area contributed by atoms with E-state index < -0.39 is 0 Å². The summed E-state index contributed by atoms with van der Waals surface area (Å²) in [6.07, 6.45) is 5.58. The van der Waals surface area contributed by atoms with Gasteiger partial charge in [-0.25, -0.2) is 5.57 Å². The van der Waals surface area contributed by atoms with Crippen LogP contribution in [0.2, 0.25) is 0 Å². The van der Waals surface area contributed by atoms with Crippen LogP contribution in [-0.4, -0.2) is 0 Å². The number of hydrogen-bond donors (Lipinski definition) is 0. The summed E-state index contributed by atoms with van der Waals surface area (Å²) in [5, 5.41) is 0. The summed E-state index contributed by atoms with van der Waals surface area (Å²) in [5.74, 6) is 0. The van der Waals surface area contributed by atoms with E-state index >= 15 is 0 Å². The number of halogens is 2. The average Bonchev–Trinajstić information content (AvgIpc) is 2.15. The Labute approximate surface area is 103 Å². The second-order valence-electron chi connectivity index (χ2n) is 2.56. The summed E-state index contributed by atoms with van der Waals surface area (Å²) in [6.45, 7) is 6.53. The minimum Gasteiger partial charge on any atom is -0.269 e. The quantitative estimate of drug-likeness (QED) is 0.485. The van der Waals surface area contributed by atoms with Gasteiger partial charge in [0.15, 0.2) is 0 Å². The summed E-state index contributed by atoms with van der Waals surface area (Å²) in [6, 6.07) is 0. The van der Waals surface area contributed by atoms with Crippen LogP contribution < -0.4 is 0 Å². The Bertz CT molecular complexity index is 183. The van der Waals surface area contributed by atoms with E-state index in [9.17, 15) is 0 Å². The van der Waals surface area contributed by atoms with E-state index in [2.05, 4.69) is 26.8 Å². The van der Waals surface area contributed by atoms with Crippen LogP contribution in [-0.2, 0) is 21.7 Å². The zero-order chi connectivity index (χ0) is 6.85.